The summed E-state index contributed by atoms with van der Waals surface area (Å²) < 4.78 is 0. The summed E-state index contributed by atoms with van der Waals surface area (Å²) in [5.41, 5.74) is 3.42. The molecule has 1 atom stereocenters. The van der Waals surface area contributed by atoms with Gasteiger partial charge in [0.1, 0.15) is 5.25 Å². The lowest BCUT2D eigenvalue weighted by atomic mass is 10.0. The van der Waals surface area contributed by atoms with Gasteiger partial charge >= 0.3 is 5.97 Å². The van der Waals surface area contributed by atoms with E-state index in [1.165, 1.54) is 17.3 Å². The Kier molecular flexibility index (Phi) is 4.85. The molecule has 20 heavy (non-hydrogen) atoms. The monoisotopic (exact) mass is 286 g/mol. The van der Waals surface area contributed by atoms with Gasteiger partial charge in [-0.2, -0.15) is 0 Å². The van der Waals surface area contributed by atoms with Crippen molar-refractivity contribution in [1.29, 1.82) is 0 Å². The molecule has 2 nitrogen and oxygen atoms in total. The minimum absolute atomic E-state index is 0.459. The number of rotatable bonds is 5. The molecule has 3 heteroatoms. The molecule has 0 amide bonds. The third-order valence-corrected chi connectivity index (χ3v) is 4.44. The number of hydrogen-bond donors (Lipinski definition) is 1. The Hall–Kier alpha value is -1.74. The predicted octanol–water partition coefficient (Wildman–Crippen LogP) is 4.09. The summed E-state index contributed by atoms with van der Waals surface area (Å²) in [6, 6.07) is 15.9. The lowest BCUT2D eigenvalue weighted by Crippen LogP contribution is -2.19. The summed E-state index contributed by atoms with van der Waals surface area (Å²) in [7, 11) is 0. The normalized spacial score (nSPS) is 12.1. The SMILES string of the molecule is Cc1ccc(S[C@H](Cc2ccccc2C)C(=O)O)cc1. The third kappa shape index (κ3) is 3.87. The molecular weight excluding hydrogens is 268 g/mol. The number of benzene rings is 2. The maximum absolute atomic E-state index is 11.5. The number of hydrogen-bond acceptors (Lipinski definition) is 2. The fourth-order valence-electron chi connectivity index (χ4n) is 2.00. The van der Waals surface area contributed by atoms with Gasteiger partial charge in [-0.05, 0) is 43.5 Å². The Balaban J connectivity index is 2.14. The van der Waals surface area contributed by atoms with E-state index in [2.05, 4.69) is 0 Å². The maximum Gasteiger partial charge on any atom is 0.317 e. The highest BCUT2D eigenvalue weighted by molar-refractivity contribution is 8.00. The molecule has 2 rings (SSSR count). The van der Waals surface area contributed by atoms with Crippen molar-refractivity contribution in [1.82, 2.24) is 0 Å². The van der Waals surface area contributed by atoms with Crippen LogP contribution in [0.15, 0.2) is 53.4 Å². The van der Waals surface area contributed by atoms with Crippen LogP contribution in [0.2, 0.25) is 0 Å². The van der Waals surface area contributed by atoms with Gasteiger partial charge in [0.25, 0.3) is 0 Å². The number of aryl methyl sites for hydroxylation is 2. The first-order valence-corrected chi connectivity index (χ1v) is 7.45. The highest BCUT2D eigenvalue weighted by atomic mass is 32.2. The standard InChI is InChI=1S/C17H18O2S/c1-12-7-9-15(10-8-12)20-16(17(18)19)11-14-6-4-3-5-13(14)2/h3-10,16H,11H2,1-2H3,(H,18,19)/t16-/m1/s1. The van der Waals surface area contributed by atoms with Crippen molar-refractivity contribution in [3.8, 4) is 0 Å². The topological polar surface area (TPSA) is 37.3 Å². The highest BCUT2D eigenvalue weighted by Crippen LogP contribution is 2.27. The van der Waals surface area contributed by atoms with Gasteiger partial charge in [0.2, 0.25) is 0 Å². The van der Waals surface area contributed by atoms with Crippen molar-refractivity contribution < 1.29 is 9.90 Å². The van der Waals surface area contributed by atoms with Gasteiger partial charge < -0.3 is 5.11 Å². The van der Waals surface area contributed by atoms with E-state index in [9.17, 15) is 9.90 Å². The van der Waals surface area contributed by atoms with Crippen LogP contribution in [0, 0.1) is 13.8 Å². The van der Waals surface area contributed by atoms with Crippen LogP contribution in [0.5, 0.6) is 0 Å². The quantitative estimate of drug-likeness (QED) is 0.841. The highest BCUT2D eigenvalue weighted by Gasteiger charge is 2.20. The summed E-state index contributed by atoms with van der Waals surface area (Å²) in [6.45, 7) is 4.04. The summed E-state index contributed by atoms with van der Waals surface area (Å²) in [4.78, 5) is 12.5. The average molecular weight is 286 g/mol. The molecule has 104 valence electrons. The van der Waals surface area contributed by atoms with Crippen LogP contribution in [0.1, 0.15) is 16.7 Å². The van der Waals surface area contributed by atoms with Gasteiger partial charge in [-0.15, -0.1) is 11.8 Å². The number of carboxylic acid groups (broad SMARTS) is 1. The van der Waals surface area contributed by atoms with Gasteiger partial charge in [0.05, 0.1) is 0 Å². The molecule has 0 aliphatic rings. The Bertz CT molecular complexity index is 590. The second kappa shape index (κ2) is 6.62. The summed E-state index contributed by atoms with van der Waals surface area (Å²) in [5, 5.41) is 8.96. The van der Waals surface area contributed by atoms with Crippen LogP contribution in [-0.2, 0) is 11.2 Å². The first-order valence-electron chi connectivity index (χ1n) is 6.57. The molecular formula is C17H18O2S. The fourth-order valence-corrected chi connectivity index (χ4v) is 2.98. The first kappa shape index (κ1) is 14.7. The van der Waals surface area contributed by atoms with E-state index in [-0.39, 0.29) is 0 Å². The number of thioether (sulfide) groups is 1. The Morgan fingerprint density at radius 2 is 1.75 bits per heavy atom. The van der Waals surface area contributed by atoms with Crippen LogP contribution in [0.4, 0.5) is 0 Å². The van der Waals surface area contributed by atoms with Crippen molar-refractivity contribution in [2.24, 2.45) is 0 Å². The van der Waals surface area contributed by atoms with Crippen LogP contribution in [0.25, 0.3) is 0 Å². The second-order valence-electron chi connectivity index (χ2n) is 4.89. The van der Waals surface area contributed by atoms with Crippen molar-refractivity contribution in [2.75, 3.05) is 0 Å². The maximum atomic E-state index is 11.5. The molecule has 0 aliphatic heterocycles. The van der Waals surface area contributed by atoms with E-state index in [1.54, 1.807) is 0 Å². The zero-order valence-corrected chi connectivity index (χ0v) is 12.5. The van der Waals surface area contributed by atoms with Crippen molar-refractivity contribution in [3.63, 3.8) is 0 Å². The molecule has 0 unspecified atom stereocenters. The number of aliphatic carboxylic acids is 1. The Morgan fingerprint density at radius 3 is 2.35 bits per heavy atom. The van der Waals surface area contributed by atoms with E-state index in [0.717, 1.165) is 16.0 Å². The molecule has 0 spiro atoms. The van der Waals surface area contributed by atoms with Gasteiger partial charge in [-0.1, -0.05) is 42.0 Å². The average Bonchev–Trinajstić information content (AvgIpc) is 2.42. The molecule has 0 aliphatic carbocycles. The predicted molar refractivity (Wildman–Crippen MR) is 83.3 cm³/mol. The molecule has 0 radical (unpaired) electrons. The van der Waals surface area contributed by atoms with E-state index < -0.39 is 11.2 Å². The molecule has 0 heterocycles. The fraction of sp³-hybridized carbons (Fsp3) is 0.235. The molecule has 1 N–H and O–H groups in total. The van der Waals surface area contributed by atoms with Crippen LogP contribution in [-0.4, -0.2) is 16.3 Å². The summed E-state index contributed by atoms with van der Waals surface area (Å²) in [5.74, 6) is -0.765. The van der Waals surface area contributed by atoms with Crippen LogP contribution >= 0.6 is 11.8 Å². The molecule has 2 aromatic carbocycles. The minimum atomic E-state index is -0.765. The van der Waals surface area contributed by atoms with Gasteiger partial charge in [0, 0.05) is 4.90 Å². The van der Waals surface area contributed by atoms with Crippen molar-refractivity contribution in [3.05, 3.63) is 65.2 Å². The number of carbonyl (C=O) groups is 1. The zero-order chi connectivity index (χ0) is 14.5. The molecule has 0 fully saturated rings. The van der Waals surface area contributed by atoms with E-state index in [0.29, 0.717) is 6.42 Å². The van der Waals surface area contributed by atoms with E-state index in [4.69, 9.17) is 0 Å². The second-order valence-corrected chi connectivity index (χ2v) is 6.16. The molecule has 2 aromatic rings. The molecule has 0 bridgehead atoms. The zero-order valence-electron chi connectivity index (χ0n) is 11.7. The number of carboxylic acids is 1. The molecule has 0 aromatic heterocycles. The van der Waals surface area contributed by atoms with Crippen LogP contribution in [0.3, 0.4) is 0 Å². The Morgan fingerprint density at radius 1 is 1.10 bits per heavy atom. The summed E-state index contributed by atoms with van der Waals surface area (Å²) in [6.07, 6.45) is 0.542. The lowest BCUT2D eigenvalue weighted by Gasteiger charge is -2.14. The largest absolute Gasteiger partial charge is 0.480 e. The van der Waals surface area contributed by atoms with E-state index >= 15 is 0 Å². The molecule has 0 saturated heterocycles. The first-order chi connectivity index (χ1) is 9.56. The van der Waals surface area contributed by atoms with Crippen molar-refractivity contribution >= 4 is 17.7 Å². The lowest BCUT2D eigenvalue weighted by molar-refractivity contribution is -0.136. The van der Waals surface area contributed by atoms with Gasteiger partial charge in [0.15, 0.2) is 0 Å². The molecule has 0 saturated carbocycles. The minimum Gasteiger partial charge on any atom is -0.480 e. The smallest absolute Gasteiger partial charge is 0.317 e. The van der Waals surface area contributed by atoms with Gasteiger partial charge in [-0.25, -0.2) is 0 Å². The van der Waals surface area contributed by atoms with Gasteiger partial charge in [-0.3, -0.25) is 4.79 Å². The summed E-state index contributed by atoms with van der Waals surface area (Å²) >= 11 is 1.41. The van der Waals surface area contributed by atoms with Crippen molar-refractivity contribution in [2.45, 2.75) is 30.4 Å². The van der Waals surface area contributed by atoms with E-state index in [1.807, 2.05) is 62.4 Å². The van der Waals surface area contributed by atoms with Crippen LogP contribution < -0.4 is 0 Å². The third-order valence-electron chi connectivity index (χ3n) is 3.24. The Labute approximate surface area is 123 Å².